The predicted octanol–water partition coefficient (Wildman–Crippen LogP) is 1.24. The van der Waals surface area contributed by atoms with E-state index in [0.717, 1.165) is 24.6 Å². The summed E-state index contributed by atoms with van der Waals surface area (Å²) in [6, 6.07) is 0.538. The zero-order valence-corrected chi connectivity index (χ0v) is 8.68. The van der Waals surface area contributed by atoms with Crippen molar-refractivity contribution in [2.45, 2.75) is 25.8 Å². The van der Waals surface area contributed by atoms with Gasteiger partial charge in [0.25, 0.3) is 0 Å². The van der Waals surface area contributed by atoms with E-state index < -0.39 is 0 Å². The Morgan fingerprint density at radius 1 is 1.77 bits per heavy atom. The fourth-order valence-electron chi connectivity index (χ4n) is 1.53. The van der Waals surface area contributed by atoms with Gasteiger partial charge in [-0.15, -0.1) is 11.3 Å². The predicted molar refractivity (Wildman–Crippen MR) is 56.3 cm³/mol. The number of anilines is 1. The van der Waals surface area contributed by atoms with Crippen LogP contribution in [0, 0.1) is 0 Å². The Labute approximate surface area is 82.6 Å². The van der Waals surface area contributed by atoms with Gasteiger partial charge in [0, 0.05) is 24.5 Å². The second-order valence-corrected chi connectivity index (χ2v) is 4.18. The average Bonchev–Trinajstić information content (AvgIpc) is 2.52. The zero-order valence-electron chi connectivity index (χ0n) is 7.86. The molecule has 2 heterocycles. The largest absolute Gasteiger partial charge is 0.344 e. The minimum absolute atomic E-state index is 0.538. The van der Waals surface area contributed by atoms with Crippen LogP contribution in [0.3, 0.4) is 0 Å². The monoisotopic (exact) mass is 197 g/mol. The van der Waals surface area contributed by atoms with E-state index in [1.165, 1.54) is 12.1 Å². The SMILES string of the molecule is CCc1csc(N2CCC2CN)n1. The third-order valence-corrected chi connectivity index (χ3v) is 3.49. The molecule has 2 rings (SSSR count). The highest BCUT2D eigenvalue weighted by atomic mass is 32.1. The normalized spacial score (nSPS) is 21.7. The average molecular weight is 197 g/mol. The highest BCUT2D eigenvalue weighted by Crippen LogP contribution is 2.28. The molecule has 4 heteroatoms. The van der Waals surface area contributed by atoms with Gasteiger partial charge in [0.2, 0.25) is 0 Å². The van der Waals surface area contributed by atoms with E-state index in [1.807, 2.05) is 0 Å². The van der Waals surface area contributed by atoms with Crippen molar-refractivity contribution in [3.8, 4) is 0 Å². The van der Waals surface area contributed by atoms with E-state index in [0.29, 0.717) is 6.04 Å². The van der Waals surface area contributed by atoms with E-state index in [4.69, 9.17) is 5.73 Å². The lowest BCUT2D eigenvalue weighted by Gasteiger charge is -2.40. The summed E-state index contributed by atoms with van der Waals surface area (Å²) < 4.78 is 0. The van der Waals surface area contributed by atoms with Crippen molar-refractivity contribution >= 4 is 16.5 Å². The molecule has 1 aliphatic rings. The van der Waals surface area contributed by atoms with Crippen LogP contribution in [-0.4, -0.2) is 24.1 Å². The third-order valence-electron chi connectivity index (χ3n) is 2.56. The molecule has 0 spiro atoms. The number of nitrogens with zero attached hydrogens (tertiary/aromatic N) is 2. The summed E-state index contributed by atoms with van der Waals surface area (Å²) in [5.74, 6) is 0. The van der Waals surface area contributed by atoms with E-state index in [1.54, 1.807) is 11.3 Å². The van der Waals surface area contributed by atoms with E-state index in [2.05, 4.69) is 22.2 Å². The fraction of sp³-hybridized carbons (Fsp3) is 0.667. The van der Waals surface area contributed by atoms with Gasteiger partial charge in [-0.3, -0.25) is 0 Å². The third kappa shape index (κ3) is 1.56. The molecule has 0 aliphatic carbocycles. The van der Waals surface area contributed by atoms with Gasteiger partial charge in [0.05, 0.1) is 5.69 Å². The van der Waals surface area contributed by atoms with Crippen LogP contribution in [0.15, 0.2) is 5.38 Å². The van der Waals surface area contributed by atoms with Gasteiger partial charge in [-0.25, -0.2) is 4.98 Å². The second kappa shape index (κ2) is 3.64. The maximum atomic E-state index is 5.64. The Bertz CT molecular complexity index is 282. The Hall–Kier alpha value is -0.610. The van der Waals surface area contributed by atoms with Gasteiger partial charge in [0.15, 0.2) is 5.13 Å². The maximum absolute atomic E-state index is 5.64. The standard InChI is InChI=1S/C9H15N3S/c1-2-7-6-13-9(11-7)12-4-3-8(12)5-10/h6,8H,2-5,10H2,1H3. The molecule has 72 valence electrons. The Balaban J connectivity index is 2.07. The Morgan fingerprint density at radius 3 is 3.08 bits per heavy atom. The molecule has 3 nitrogen and oxygen atoms in total. The number of rotatable bonds is 3. The van der Waals surface area contributed by atoms with Crippen molar-refractivity contribution in [3.05, 3.63) is 11.1 Å². The van der Waals surface area contributed by atoms with E-state index in [9.17, 15) is 0 Å². The lowest BCUT2D eigenvalue weighted by molar-refractivity contribution is 0.455. The first-order chi connectivity index (χ1) is 6.35. The molecular weight excluding hydrogens is 182 g/mol. The molecule has 0 radical (unpaired) electrons. The number of thiazole rings is 1. The first-order valence-corrected chi connectivity index (χ1v) is 5.64. The Kier molecular flexibility index (Phi) is 2.51. The van der Waals surface area contributed by atoms with Gasteiger partial charge < -0.3 is 10.6 Å². The summed E-state index contributed by atoms with van der Waals surface area (Å²) in [6.07, 6.45) is 2.25. The van der Waals surface area contributed by atoms with Gasteiger partial charge in [-0.05, 0) is 12.8 Å². The molecule has 2 N–H and O–H groups in total. The van der Waals surface area contributed by atoms with E-state index in [-0.39, 0.29) is 0 Å². The number of hydrogen-bond acceptors (Lipinski definition) is 4. The number of hydrogen-bond donors (Lipinski definition) is 1. The van der Waals surface area contributed by atoms with Crippen molar-refractivity contribution in [3.63, 3.8) is 0 Å². The molecule has 0 aromatic carbocycles. The topological polar surface area (TPSA) is 42.1 Å². The molecule has 0 amide bonds. The zero-order chi connectivity index (χ0) is 9.26. The molecule has 13 heavy (non-hydrogen) atoms. The molecule has 1 unspecified atom stereocenters. The molecule has 1 aromatic rings. The quantitative estimate of drug-likeness (QED) is 0.793. The smallest absolute Gasteiger partial charge is 0.185 e. The maximum Gasteiger partial charge on any atom is 0.185 e. The lowest BCUT2D eigenvalue weighted by Crippen LogP contribution is -2.51. The van der Waals surface area contributed by atoms with Crippen molar-refractivity contribution in [1.29, 1.82) is 0 Å². The molecule has 1 saturated heterocycles. The summed E-state index contributed by atoms with van der Waals surface area (Å²) >= 11 is 1.74. The summed E-state index contributed by atoms with van der Waals surface area (Å²) in [7, 11) is 0. The molecule has 0 saturated carbocycles. The van der Waals surface area contributed by atoms with Crippen LogP contribution in [0.25, 0.3) is 0 Å². The minimum atomic E-state index is 0.538. The summed E-state index contributed by atoms with van der Waals surface area (Å²) in [4.78, 5) is 6.85. The van der Waals surface area contributed by atoms with Gasteiger partial charge in [-0.1, -0.05) is 6.92 Å². The fourth-order valence-corrected chi connectivity index (χ4v) is 2.53. The summed E-state index contributed by atoms with van der Waals surface area (Å²) in [5, 5.41) is 3.29. The van der Waals surface area contributed by atoms with Crippen LogP contribution >= 0.6 is 11.3 Å². The first-order valence-electron chi connectivity index (χ1n) is 4.76. The molecule has 1 aliphatic heterocycles. The van der Waals surface area contributed by atoms with Crippen molar-refractivity contribution in [2.24, 2.45) is 5.73 Å². The molecule has 0 bridgehead atoms. The van der Waals surface area contributed by atoms with Crippen LogP contribution in [0.4, 0.5) is 5.13 Å². The van der Waals surface area contributed by atoms with Gasteiger partial charge in [0.1, 0.15) is 0 Å². The molecule has 1 fully saturated rings. The van der Waals surface area contributed by atoms with Crippen LogP contribution in [0.2, 0.25) is 0 Å². The molecule has 1 aromatic heterocycles. The molecule has 1 atom stereocenters. The van der Waals surface area contributed by atoms with Crippen LogP contribution in [-0.2, 0) is 6.42 Å². The number of aryl methyl sites for hydroxylation is 1. The first kappa shape index (κ1) is 8.97. The second-order valence-electron chi connectivity index (χ2n) is 3.35. The van der Waals surface area contributed by atoms with E-state index >= 15 is 0 Å². The highest BCUT2D eigenvalue weighted by molar-refractivity contribution is 7.13. The summed E-state index contributed by atoms with van der Waals surface area (Å²) in [6.45, 7) is 4.01. The summed E-state index contributed by atoms with van der Waals surface area (Å²) in [5.41, 5.74) is 6.83. The highest BCUT2D eigenvalue weighted by Gasteiger charge is 2.28. The minimum Gasteiger partial charge on any atom is -0.344 e. The van der Waals surface area contributed by atoms with Crippen molar-refractivity contribution in [1.82, 2.24) is 4.98 Å². The van der Waals surface area contributed by atoms with Crippen LogP contribution in [0.5, 0.6) is 0 Å². The Morgan fingerprint density at radius 2 is 2.62 bits per heavy atom. The van der Waals surface area contributed by atoms with Gasteiger partial charge in [-0.2, -0.15) is 0 Å². The molecular formula is C9H15N3S. The van der Waals surface area contributed by atoms with Crippen LogP contribution < -0.4 is 10.6 Å². The van der Waals surface area contributed by atoms with Crippen molar-refractivity contribution < 1.29 is 0 Å². The van der Waals surface area contributed by atoms with Crippen LogP contribution in [0.1, 0.15) is 19.0 Å². The number of aromatic nitrogens is 1. The number of nitrogens with two attached hydrogens (primary N) is 1. The lowest BCUT2D eigenvalue weighted by atomic mass is 10.1. The van der Waals surface area contributed by atoms with Crippen molar-refractivity contribution in [2.75, 3.05) is 18.0 Å². The van der Waals surface area contributed by atoms with Gasteiger partial charge >= 0.3 is 0 Å².